The number of aryl methyl sites for hydroxylation is 1. The van der Waals surface area contributed by atoms with Gasteiger partial charge in [-0.05, 0) is 19.1 Å². The van der Waals surface area contributed by atoms with Crippen molar-refractivity contribution in [1.29, 1.82) is 0 Å². The molecule has 1 fully saturated rings. The van der Waals surface area contributed by atoms with Crippen LogP contribution in [0, 0.1) is 17.0 Å². The molecule has 0 N–H and O–H groups in total. The molecule has 30 heavy (non-hydrogen) atoms. The van der Waals surface area contributed by atoms with Crippen molar-refractivity contribution in [2.45, 2.75) is 18.4 Å². The molecular formula is C20H21N5O4S. The van der Waals surface area contributed by atoms with Crippen molar-refractivity contribution >= 4 is 26.6 Å². The van der Waals surface area contributed by atoms with Crippen LogP contribution in [0.5, 0.6) is 0 Å². The molecule has 0 spiro atoms. The van der Waals surface area contributed by atoms with E-state index in [9.17, 15) is 18.5 Å². The molecule has 0 radical (unpaired) electrons. The quantitative estimate of drug-likeness (QED) is 0.454. The van der Waals surface area contributed by atoms with Crippen LogP contribution >= 0.6 is 0 Å². The Morgan fingerprint density at radius 1 is 1.03 bits per heavy atom. The van der Waals surface area contributed by atoms with Gasteiger partial charge in [-0.15, -0.1) is 0 Å². The molecular weight excluding hydrogens is 406 g/mol. The van der Waals surface area contributed by atoms with Gasteiger partial charge in [0.05, 0.1) is 21.9 Å². The van der Waals surface area contributed by atoms with Crippen LogP contribution in [0.3, 0.4) is 0 Å². The molecule has 156 valence electrons. The lowest BCUT2D eigenvalue weighted by Crippen LogP contribution is -2.48. The van der Waals surface area contributed by atoms with Crippen LogP contribution in [-0.2, 0) is 16.6 Å². The standard InChI is InChI=1S/C20H21N5O4S/c1-15-18-7-2-3-8-19(18)22-20(21-15)14-23-9-11-24(12-10-23)30(28,29)17-6-4-5-16(13-17)25(26)27/h2-8,13H,9-12,14H2,1H3. The van der Waals surface area contributed by atoms with E-state index >= 15 is 0 Å². The number of nitrogens with zero attached hydrogens (tertiary/aromatic N) is 5. The van der Waals surface area contributed by atoms with Gasteiger partial charge in [-0.1, -0.05) is 24.3 Å². The lowest BCUT2D eigenvalue weighted by Gasteiger charge is -2.33. The first kappa shape index (κ1) is 20.3. The van der Waals surface area contributed by atoms with Crippen LogP contribution in [0.4, 0.5) is 5.69 Å². The Morgan fingerprint density at radius 2 is 1.77 bits per heavy atom. The maximum atomic E-state index is 12.9. The first-order chi connectivity index (χ1) is 14.3. The number of nitro groups is 1. The number of piperazine rings is 1. The highest BCUT2D eigenvalue weighted by atomic mass is 32.2. The van der Waals surface area contributed by atoms with Gasteiger partial charge in [-0.3, -0.25) is 15.0 Å². The summed E-state index contributed by atoms with van der Waals surface area (Å²) in [7, 11) is -3.78. The number of nitro benzene ring substituents is 1. The molecule has 0 amide bonds. The normalized spacial score (nSPS) is 16.0. The van der Waals surface area contributed by atoms with E-state index in [2.05, 4.69) is 14.9 Å². The van der Waals surface area contributed by atoms with E-state index < -0.39 is 14.9 Å². The summed E-state index contributed by atoms with van der Waals surface area (Å²) in [6, 6.07) is 13.0. The molecule has 0 bridgehead atoms. The molecule has 1 aliphatic rings. The van der Waals surface area contributed by atoms with Crippen molar-refractivity contribution in [3.05, 3.63) is 70.2 Å². The highest BCUT2D eigenvalue weighted by molar-refractivity contribution is 7.89. The Bertz CT molecular complexity index is 1210. The summed E-state index contributed by atoms with van der Waals surface area (Å²) < 4.78 is 27.1. The summed E-state index contributed by atoms with van der Waals surface area (Å²) in [6.07, 6.45) is 0. The number of para-hydroxylation sites is 1. The molecule has 1 aliphatic heterocycles. The first-order valence-electron chi connectivity index (χ1n) is 9.54. The van der Waals surface area contributed by atoms with Crippen molar-refractivity contribution in [1.82, 2.24) is 19.2 Å². The van der Waals surface area contributed by atoms with Crippen molar-refractivity contribution in [2.24, 2.45) is 0 Å². The maximum absolute atomic E-state index is 12.9. The van der Waals surface area contributed by atoms with Gasteiger partial charge in [0, 0.05) is 49.4 Å². The van der Waals surface area contributed by atoms with Crippen molar-refractivity contribution in [3.8, 4) is 0 Å². The second-order valence-corrected chi connectivity index (χ2v) is 9.12. The van der Waals surface area contributed by atoms with Crippen LogP contribution in [0.2, 0.25) is 0 Å². The van der Waals surface area contributed by atoms with Crippen molar-refractivity contribution in [2.75, 3.05) is 26.2 Å². The Morgan fingerprint density at radius 3 is 2.50 bits per heavy atom. The summed E-state index contributed by atoms with van der Waals surface area (Å²) >= 11 is 0. The Hall–Kier alpha value is -2.95. The molecule has 0 atom stereocenters. The number of sulfonamides is 1. The summed E-state index contributed by atoms with van der Waals surface area (Å²) in [5.41, 5.74) is 1.58. The lowest BCUT2D eigenvalue weighted by atomic mass is 10.2. The average Bonchev–Trinajstić information content (AvgIpc) is 2.74. The number of aromatic nitrogens is 2. The third-order valence-electron chi connectivity index (χ3n) is 5.20. The van der Waals surface area contributed by atoms with E-state index in [4.69, 9.17) is 0 Å². The zero-order valence-corrected chi connectivity index (χ0v) is 17.2. The smallest absolute Gasteiger partial charge is 0.270 e. The molecule has 1 saturated heterocycles. The zero-order valence-electron chi connectivity index (χ0n) is 16.4. The summed E-state index contributed by atoms with van der Waals surface area (Å²) in [6.45, 7) is 4.16. The van der Waals surface area contributed by atoms with Gasteiger partial charge in [0.1, 0.15) is 5.82 Å². The summed E-state index contributed by atoms with van der Waals surface area (Å²) in [5.74, 6) is 0.709. The van der Waals surface area contributed by atoms with Crippen LogP contribution in [0.15, 0.2) is 53.4 Å². The fraction of sp³-hybridized carbons (Fsp3) is 0.300. The topological polar surface area (TPSA) is 110 Å². The van der Waals surface area contributed by atoms with Gasteiger partial charge >= 0.3 is 0 Å². The fourth-order valence-electron chi connectivity index (χ4n) is 3.60. The van der Waals surface area contributed by atoms with Crippen LogP contribution < -0.4 is 0 Å². The Labute approximate surface area is 174 Å². The molecule has 2 aromatic carbocycles. The maximum Gasteiger partial charge on any atom is 0.270 e. The number of hydrogen-bond acceptors (Lipinski definition) is 7. The first-order valence-corrected chi connectivity index (χ1v) is 11.0. The lowest BCUT2D eigenvalue weighted by molar-refractivity contribution is -0.385. The molecule has 0 aliphatic carbocycles. The van der Waals surface area contributed by atoms with Gasteiger partial charge in [0.15, 0.2) is 0 Å². The fourth-order valence-corrected chi connectivity index (χ4v) is 5.06. The molecule has 9 nitrogen and oxygen atoms in total. The van der Waals surface area contributed by atoms with Gasteiger partial charge in [-0.2, -0.15) is 4.31 Å². The third kappa shape index (κ3) is 4.02. The van der Waals surface area contributed by atoms with Gasteiger partial charge in [0.2, 0.25) is 10.0 Å². The Kier molecular flexibility index (Phi) is 5.46. The molecule has 10 heteroatoms. The van der Waals surface area contributed by atoms with E-state index in [0.717, 1.165) is 22.7 Å². The van der Waals surface area contributed by atoms with Gasteiger partial charge < -0.3 is 0 Å². The SMILES string of the molecule is Cc1nc(CN2CCN(S(=O)(=O)c3cccc([N+](=O)[O-])c3)CC2)nc2ccccc12. The molecule has 4 rings (SSSR count). The summed E-state index contributed by atoms with van der Waals surface area (Å²) in [4.78, 5) is 21.6. The van der Waals surface area contributed by atoms with Crippen LogP contribution in [0.1, 0.15) is 11.5 Å². The average molecular weight is 427 g/mol. The van der Waals surface area contributed by atoms with Crippen LogP contribution in [-0.4, -0.2) is 58.7 Å². The van der Waals surface area contributed by atoms with E-state index in [1.165, 1.54) is 22.5 Å². The second kappa shape index (κ2) is 8.05. The minimum atomic E-state index is -3.78. The number of benzene rings is 2. The van der Waals surface area contributed by atoms with Gasteiger partial charge in [0.25, 0.3) is 5.69 Å². The monoisotopic (exact) mass is 427 g/mol. The minimum Gasteiger partial charge on any atom is -0.293 e. The van der Waals surface area contributed by atoms with Crippen molar-refractivity contribution < 1.29 is 13.3 Å². The molecule has 1 aromatic heterocycles. The number of hydrogen-bond donors (Lipinski definition) is 0. The molecule has 3 aromatic rings. The minimum absolute atomic E-state index is 0.0568. The van der Waals surface area contributed by atoms with Crippen molar-refractivity contribution in [3.63, 3.8) is 0 Å². The third-order valence-corrected chi connectivity index (χ3v) is 7.10. The van der Waals surface area contributed by atoms with E-state index in [0.29, 0.717) is 38.5 Å². The number of fused-ring (bicyclic) bond motifs is 1. The largest absolute Gasteiger partial charge is 0.293 e. The predicted molar refractivity (Wildman–Crippen MR) is 111 cm³/mol. The zero-order chi connectivity index (χ0) is 21.3. The molecule has 0 unspecified atom stereocenters. The summed E-state index contributed by atoms with van der Waals surface area (Å²) in [5, 5.41) is 12.0. The van der Waals surface area contributed by atoms with Gasteiger partial charge in [-0.25, -0.2) is 18.4 Å². The predicted octanol–water partition coefficient (Wildman–Crippen LogP) is 2.35. The molecule has 2 heterocycles. The molecule has 0 saturated carbocycles. The number of rotatable bonds is 5. The highest BCUT2D eigenvalue weighted by Crippen LogP contribution is 2.22. The van der Waals surface area contributed by atoms with E-state index in [1.807, 2.05) is 31.2 Å². The second-order valence-electron chi connectivity index (χ2n) is 7.18. The van der Waals surface area contributed by atoms with E-state index in [1.54, 1.807) is 0 Å². The Balaban J connectivity index is 1.45. The van der Waals surface area contributed by atoms with E-state index in [-0.39, 0.29) is 10.6 Å². The highest BCUT2D eigenvalue weighted by Gasteiger charge is 2.29. The van der Waals surface area contributed by atoms with Crippen LogP contribution in [0.25, 0.3) is 10.9 Å². The number of non-ortho nitro benzene ring substituents is 1.